The van der Waals surface area contributed by atoms with Crippen LogP contribution in [0.1, 0.15) is 27.0 Å². The van der Waals surface area contributed by atoms with Crippen LogP contribution in [0, 0.1) is 0 Å². The molecule has 0 aromatic heterocycles. The largest absolute Gasteiger partial charge is 0.496 e. The van der Waals surface area contributed by atoms with Crippen molar-refractivity contribution >= 4 is 47.5 Å². The van der Waals surface area contributed by atoms with E-state index in [9.17, 15) is 18.9 Å². The highest BCUT2D eigenvalue weighted by Crippen LogP contribution is 2.27. The number of allylic oxidation sites excluding steroid dienone is 1. The molecule has 1 aliphatic heterocycles. The van der Waals surface area contributed by atoms with Crippen molar-refractivity contribution in [2.24, 2.45) is 0 Å². The van der Waals surface area contributed by atoms with E-state index in [2.05, 4.69) is 17.9 Å². The van der Waals surface area contributed by atoms with Gasteiger partial charge >= 0.3 is 5.97 Å². The van der Waals surface area contributed by atoms with Crippen LogP contribution in [0.15, 0.2) is 90.0 Å². The SMILES string of the molecule is COc1ccccc1C(=O)/C=C/c1ccc(/C=C2/N[C@H](S)N(C(Cc3ccccc3)C(=O)O)S2=O)cc1. The van der Waals surface area contributed by atoms with Gasteiger partial charge in [-0.05, 0) is 47.4 Å². The molecule has 0 amide bonds. The van der Waals surface area contributed by atoms with Gasteiger partial charge in [-0.1, -0.05) is 72.8 Å². The Morgan fingerprint density at radius 2 is 1.70 bits per heavy atom. The number of hydrogen-bond donors (Lipinski definition) is 3. The molecule has 7 nitrogen and oxygen atoms in total. The molecule has 1 aliphatic rings. The molecule has 3 aromatic rings. The molecule has 0 aliphatic carbocycles. The van der Waals surface area contributed by atoms with Gasteiger partial charge in [-0.25, -0.2) is 4.21 Å². The molecule has 0 bridgehead atoms. The number of thiol groups is 1. The van der Waals surface area contributed by atoms with Crippen molar-refractivity contribution in [1.29, 1.82) is 0 Å². The second-order valence-electron chi connectivity index (χ2n) is 8.24. The van der Waals surface area contributed by atoms with Gasteiger partial charge in [0.2, 0.25) is 0 Å². The maximum Gasteiger partial charge on any atom is 0.322 e. The summed E-state index contributed by atoms with van der Waals surface area (Å²) in [6.07, 6.45) is 5.10. The number of methoxy groups -OCH3 is 1. The number of ketones is 1. The zero-order chi connectivity index (χ0) is 26.4. The monoisotopic (exact) mass is 534 g/mol. The van der Waals surface area contributed by atoms with E-state index in [1.54, 1.807) is 36.4 Å². The van der Waals surface area contributed by atoms with E-state index >= 15 is 0 Å². The molecule has 1 fully saturated rings. The number of aliphatic carboxylic acids is 1. The molecule has 0 saturated carbocycles. The zero-order valence-corrected chi connectivity index (χ0v) is 21.7. The van der Waals surface area contributed by atoms with Crippen molar-refractivity contribution in [3.8, 4) is 5.75 Å². The Morgan fingerprint density at radius 3 is 2.38 bits per heavy atom. The van der Waals surface area contributed by atoms with Crippen molar-refractivity contribution in [3.63, 3.8) is 0 Å². The molecular formula is C28H26N2O5S2. The average molecular weight is 535 g/mol. The van der Waals surface area contributed by atoms with Crippen molar-refractivity contribution in [3.05, 3.63) is 112 Å². The summed E-state index contributed by atoms with van der Waals surface area (Å²) in [6, 6.07) is 22.6. The summed E-state index contributed by atoms with van der Waals surface area (Å²) >= 11 is 4.45. The zero-order valence-electron chi connectivity index (χ0n) is 20.0. The second-order valence-corrected chi connectivity index (χ2v) is 10.1. The van der Waals surface area contributed by atoms with Gasteiger partial charge in [-0.15, -0.1) is 12.6 Å². The number of benzene rings is 3. The third kappa shape index (κ3) is 6.37. The number of nitrogens with zero attached hydrogens (tertiary/aromatic N) is 1. The number of carboxylic acids is 1. The third-order valence-corrected chi connectivity index (χ3v) is 7.78. The second kappa shape index (κ2) is 12.1. The number of ether oxygens (including phenoxy) is 1. The molecular weight excluding hydrogens is 508 g/mol. The molecule has 3 aromatic carbocycles. The van der Waals surface area contributed by atoms with Crippen LogP contribution in [0.2, 0.25) is 0 Å². The van der Waals surface area contributed by atoms with E-state index in [1.165, 1.54) is 17.5 Å². The lowest BCUT2D eigenvalue weighted by Crippen LogP contribution is -2.45. The first kappa shape index (κ1) is 26.4. The fraction of sp³-hybridized carbons (Fsp3) is 0.143. The normalized spacial score (nSPS) is 19.6. The van der Waals surface area contributed by atoms with E-state index in [4.69, 9.17) is 4.74 Å². The first-order valence-electron chi connectivity index (χ1n) is 11.5. The first-order valence-corrected chi connectivity index (χ1v) is 13.1. The minimum absolute atomic E-state index is 0.169. The number of carboxylic acid groups (broad SMARTS) is 1. The fourth-order valence-electron chi connectivity index (χ4n) is 3.91. The maximum absolute atomic E-state index is 13.2. The molecule has 0 spiro atoms. The van der Waals surface area contributed by atoms with Crippen LogP contribution in [-0.2, 0) is 22.2 Å². The molecule has 2 N–H and O–H groups in total. The molecule has 4 rings (SSSR count). The first-order chi connectivity index (χ1) is 17.9. The van der Waals surface area contributed by atoms with Crippen molar-refractivity contribution in [1.82, 2.24) is 9.62 Å². The highest BCUT2D eigenvalue weighted by Gasteiger charge is 2.41. The predicted octanol–water partition coefficient (Wildman–Crippen LogP) is 4.37. The molecule has 0 radical (unpaired) electrons. The molecule has 37 heavy (non-hydrogen) atoms. The number of rotatable bonds is 9. The summed E-state index contributed by atoms with van der Waals surface area (Å²) in [5.41, 5.74) is 2.17. The van der Waals surface area contributed by atoms with Crippen molar-refractivity contribution in [2.45, 2.75) is 18.0 Å². The smallest absolute Gasteiger partial charge is 0.322 e. The van der Waals surface area contributed by atoms with Gasteiger partial charge < -0.3 is 15.2 Å². The van der Waals surface area contributed by atoms with E-state index in [1.807, 2.05) is 54.6 Å². The lowest BCUT2D eigenvalue weighted by molar-refractivity contribution is -0.141. The molecule has 1 saturated heterocycles. The highest BCUT2D eigenvalue weighted by atomic mass is 32.2. The van der Waals surface area contributed by atoms with Gasteiger partial charge in [-0.2, -0.15) is 4.31 Å². The van der Waals surface area contributed by atoms with Crippen molar-refractivity contribution in [2.75, 3.05) is 7.11 Å². The molecule has 1 heterocycles. The Morgan fingerprint density at radius 1 is 1.05 bits per heavy atom. The average Bonchev–Trinajstić information content (AvgIpc) is 3.19. The highest BCUT2D eigenvalue weighted by molar-refractivity contribution is 7.89. The molecule has 2 unspecified atom stereocenters. The molecule has 3 atom stereocenters. The van der Waals surface area contributed by atoms with E-state index in [-0.39, 0.29) is 12.2 Å². The van der Waals surface area contributed by atoms with Crippen LogP contribution in [0.25, 0.3) is 12.2 Å². The Balaban J connectivity index is 1.47. The predicted molar refractivity (Wildman–Crippen MR) is 148 cm³/mol. The number of hydrogen-bond acceptors (Lipinski definition) is 6. The van der Waals surface area contributed by atoms with E-state index < -0.39 is 28.5 Å². The van der Waals surface area contributed by atoms with Crippen LogP contribution in [0.4, 0.5) is 0 Å². The lowest BCUT2D eigenvalue weighted by Gasteiger charge is -2.24. The Labute approximate surface area is 223 Å². The molecule has 190 valence electrons. The number of para-hydroxylation sites is 1. The Hall–Kier alpha value is -3.66. The minimum atomic E-state index is -1.74. The van der Waals surface area contributed by atoms with Gasteiger partial charge in [0.25, 0.3) is 0 Å². The van der Waals surface area contributed by atoms with Crippen LogP contribution in [0.3, 0.4) is 0 Å². The molecule has 9 heteroatoms. The maximum atomic E-state index is 13.2. The fourth-order valence-corrected chi connectivity index (χ4v) is 5.86. The third-order valence-electron chi connectivity index (χ3n) is 5.79. The summed E-state index contributed by atoms with van der Waals surface area (Å²) in [6.45, 7) is 0. The number of nitrogens with one attached hydrogen (secondary N) is 1. The van der Waals surface area contributed by atoms with Gasteiger partial charge in [-0.3, -0.25) is 9.59 Å². The van der Waals surface area contributed by atoms with Crippen LogP contribution in [-0.4, -0.2) is 44.0 Å². The van der Waals surface area contributed by atoms with E-state index in [0.29, 0.717) is 16.3 Å². The van der Waals surface area contributed by atoms with Gasteiger partial charge in [0.15, 0.2) is 5.78 Å². The Kier molecular flexibility index (Phi) is 8.60. The van der Waals surface area contributed by atoms with Crippen molar-refractivity contribution < 1.29 is 23.6 Å². The quantitative estimate of drug-likeness (QED) is 0.214. The summed E-state index contributed by atoms with van der Waals surface area (Å²) in [5.74, 6) is -0.725. The van der Waals surface area contributed by atoms with Crippen LogP contribution < -0.4 is 10.1 Å². The van der Waals surface area contributed by atoms with E-state index in [0.717, 1.165) is 16.7 Å². The number of carbonyl (C=O) groups excluding carboxylic acids is 1. The number of carbonyl (C=O) groups is 2. The Bertz CT molecular complexity index is 1360. The lowest BCUT2D eigenvalue weighted by atomic mass is 10.1. The summed E-state index contributed by atoms with van der Waals surface area (Å²) < 4.78 is 19.8. The van der Waals surface area contributed by atoms with Gasteiger partial charge in [0, 0.05) is 0 Å². The standard InChI is InChI=1S/C28H26N2O5S2/c1-35-25-10-6-5-9-22(25)24(31)16-15-19-11-13-21(14-12-19)18-26-29-28(36)30(37(26)34)23(27(32)33)17-20-7-3-2-4-8-20/h2-16,18,23,28-29,36H,17H2,1H3,(H,32,33)/b16-15+,26-18-/t23?,28-,37?/m0/s1. The van der Waals surface area contributed by atoms with Crippen LogP contribution >= 0.6 is 12.6 Å². The summed E-state index contributed by atoms with van der Waals surface area (Å²) in [4.78, 5) is 24.6. The minimum Gasteiger partial charge on any atom is -0.496 e. The summed E-state index contributed by atoms with van der Waals surface area (Å²) in [5, 5.41) is 13.2. The van der Waals surface area contributed by atoms with Crippen LogP contribution in [0.5, 0.6) is 5.75 Å². The van der Waals surface area contributed by atoms with Gasteiger partial charge in [0.1, 0.15) is 33.3 Å². The summed E-state index contributed by atoms with van der Waals surface area (Å²) in [7, 11) is -0.214. The van der Waals surface area contributed by atoms with Gasteiger partial charge in [0.05, 0.1) is 12.7 Å². The topological polar surface area (TPSA) is 95.9 Å².